The van der Waals surface area contributed by atoms with Crippen molar-refractivity contribution < 1.29 is 18.0 Å². The maximum atomic E-state index is 12.9. The normalized spacial score (nSPS) is 15.0. The number of primary amides is 1. The predicted octanol–water partition coefficient (Wildman–Crippen LogP) is 2.62. The number of carbonyl (C=O) groups excluding carboxylic acids is 1. The van der Waals surface area contributed by atoms with Crippen LogP contribution in [0.15, 0.2) is 24.3 Å². The van der Waals surface area contributed by atoms with Gasteiger partial charge in [0.2, 0.25) is 5.91 Å². The van der Waals surface area contributed by atoms with Crippen LogP contribution < -0.4 is 11.1 Å². The van der Waals surface area contributed by atoms with Crippen LogP contribution in [0, 0.1) is 0 Å². The van der Waals surface area contributed by atoms with E-state index in [1.807, 2.05) is 0 Å². The third-order valence-corrected chi connectivity index (χ3v) is 2.77. The summed E-state index contributed by atoms with van der Waals surface area (Å²) in [6, 6.07) is 4.58. The molecule has 0 spiro atoms. The zero-order valence-corrected chi connectivity index (χ0v) is 10.8. The summed E-state index contributed by atoms with van der Waals surface area (Å²) >= 11 is 0. The molecule has 106 valence electrons. The standard InChI is InChI=1S/C13H17F3N2O/c1-8(7-12(17)19)18-9(2)10-5-3-4-6-11(10)13(14,15)16/h3-6,8-9,18H,7H2,1-2H3,(H2,17,19). The fourth-order valence-corrected chi connectivity index (χ4v) is 2.01. The minimum Gasteiger partial charge on any atom is -0.370 e. The van der Waals surface area contributed by atoms with Crippen LogP contribution in [0.5, 0.6) is 0 Å². The molecule has 0 aromatic heterocycles. The molecule has 1 aromatic carbocycles. The number of benzene rings is 1. The molecule has 2 atom stereocenters. The first kappa shape index (κ1) is 15.5. The van der Waals surface area contributed by atoms with E-state index in [-0.39, 0.29) is 18.0 Å². The van der Waals surface area contributed by atoms with E-state index in [2.05, 4.69) is 5.32 Å². The quantitative estimate of drug-likeness (QED) is 0.867. The van der Waals surface area contributed by atoms with Gasteiger partial charge in [-0.05, 0) is 25.5 Å². The van der Waals surface area contributed by atoms with Crippen molar-refractivity contribution in [1.29, 1.82) is 0 Å². The largest absolute Gasteiger partial charge is 0.416 e. The van der Waals surface area contributed by atoms with Crippen LogP contribution in [0.2, 0.25) is 0 Å². The molecule has 6 heteroatoms. The number of carbonyl (C=O) groups is 1. The van der Waals surface area contributed by atoms with E-state index in [1.54, 1.807) is 19.9 Å². The van der Waals surface area contributed by atoms with Crippen LogP contribution in [-0.2, 0) is 11.0 Å². The zero-order chi connectivity index (χ0) is 14.6. The molecule has 3 nitrogen and oxygen atoms in total. The van der Waals surface area contributed by atoms with Gasteiger partial charge in [-0.3, -0.25) is 4.79 Å². The molecular weight excluding hydrogens is 257 g/mol. The van der Waals surface area contributed by atoms with Gasteiger partial charge in [0.05, 0.1) is 5.56 Å². The summed E-state index contributed by atoms with van der Waals surface area (Å²) < 4.78 is 38.6. The first-order valence-electron chi connectivity index (χ1n) is 5.92. The number of alkyl halides is 3. The fourth-order valence-electron chi connectivity index (χ4n) is 2.01. The monoisotopic (exact) mass is 274 g/mol. The maximum Gasteiger partial charge on any atom is 0.416 e. The number of nitrogens with two attached hydrogens (primary N) is 1. The van der Waals surface area contributed by atoms with Crippen LogP contribution in [-0.4, -0.2) is 11.9 Å². The molecule has 0 aliphatic heterocycles. The Hall–Kier alpha value is -1.56. The summed E-state index contributed by atoms with van der Waals surface area (Å²) in [5.41, 5.74) is 4.54. The summed E-state index contributed by atoms with van der Waals surface area (Å²) in [5.74, 6) is -0.490. The van der Waals surface area contributed by atoms with Crippen LogP contribution in [0.3, 0.4) is 0 Å². The van der Waals surface area contributed by atoms with Gasteiger partial charge in [0.15, 0.2) is 0 Å². The smallest absolute Gasteiger partial charge is 0.370 e. The summed E-state index contributed by atoms with van der Waals surface area (Å²) in [6.07, 6.45) is -4.31. The summed E-state index contributed by atoms with van der Waals surface area (Å²) in [5, 5.41) is 2.94. The minimum absolute atomic E-state index is 0.0819. The topological polar surface area (TPSA) is 55.1 Å². The summed E-state index contributed by atoms with van der Waals surface area (Å²) in [6.45, 7) is 3.33. The Morgan fingerprint density at radius 1 is 1.32 bits per heavy atom. The van der Waals surface area contributed by atoms with Crippen LogP contribution >= 0.6 is 0 Å². The van der Waals surface area contributed by atoms with Gasteiger partial charge in [-0.25, -0.2) is 0 Å². The Morgan fingerprint density at radius 2 is 1.89 bits per heavy atom. The molecular formula is C13H17F3N2O. The molecule has 1 amide bonds. The van der Waals surface area contributed by atoms with Gasteiger partial charge >= 0.3 is 6.18 Å². The number of hydrogen-bond donors (Lipinski definition) is 2. The average Bonchev–Trinajstić information content (AvgIpc) is 2.26. The van der Waals surface area contributed by atoms with E-state index in [4.69, 9.17) is 5.73 Å². The molecule has 1 aromatic rings. The highest BCUT2D eigenvalue weighted by atomic mass is 19.4. The van der Waals surface area contributed by atoms with Crippen molar-refractivity contribution >= 4 is 5.91 Å². The highest BCUT2D eigenvalue weighted by Gasteiger charge is 2.34. The lowest BCUT2D eigenvalue weighted by atomic mass is 10.00. The SMILES string of the molecule is CC(CC(N)=O)NC(C)c1ccccc1C(F)(F)F. The van der Waals surface area contributed by atoms with E-state index in [0.29, 0.717) is 0 Å². The number of halogens is 3. The molecule has 19 heavy (non-hydrogen) atoms. The second-order valence-corrected chi connectivity index (χ2v) is 4.54. The molecule has 3 N–H and O–H groups in total. The van der Waals surface area contributed by atoms with Crippen LogP contribution in [0.4, 0.5) is 13.2 Å². The Morgan fingerprint density at radius 3 is 2.42 bits per heavy atom. The van der Waals surface area contributed by atoms with Gasteiger partial charge < -0.3 is 11.1 Å². The van der Waals surface area contributed by atoms with Crippen molar-refractivity contribution in [2.24, 2.45) is 5.73 Å². The lowest BCUT2D eigenvalue weighted by Crippen LogP contribution is -2.33. The van der Waals surface area contributed by atoms with E-state index < -0.39 is 23.7 Å². The average molecular weight is 274 g/mol. The van der Waals surface area contributed by atoms with Gasteiger partial charge in [-0.2, -0.15) is 13.2 Å². The molecule has 0 saturated heterocycles. The number of hydrogen-bond acceptors (Lipinski definition) is 2. The summed E-state index contributed by atoms with van der Waals surface area (Å²) in [4.78, 5) is 10.8. The predicted molar refractivity (Wildman–Crippen MR) is 66.3 cm³/mol. The van der Waals surface area contributed by atoms with E-state index in [9.17, 15) is 18.0 Å². The third kappa shape index (κ3) is 4.55. The minimum atomic E-state index is -4.39. The molecule has 0 aliphatic rings. The molecule has 2 unspecified atom stereocenters. The van der Waals surface area contributed by atoms with E-state index >= 15 is 0 Å². The number of amides is 1. The maximum absolute atomic E-state index is 12.9. The van der Waals surface area contributed by atoms with Crippen LogP contribution in [0.1, 0.15) is 37.4 Å². The third-order valence-electron chi connectivity index (χ3n) is 2.77. The van der Waals surface area contributed by atoms with Crippen molar-refractivity contribution in [2.75, 3.05) is 0 Å². The van der Waals surface area contributed by atoms with Crippen molar-refractivity contribution in [1.82, 2.24) is 5.32 Å². The van der Waals surface area contributed by atoms with Gasteiger partial charge in [0, 0.05) is 18.5 Å². The Kier molecular flexibility index (Phi) is 4.94. The number of nitrogens with one attached hydrogen (secondary N) is 1. The van der Waals surface area contributed by atoms with Crippen LogP contribution in [0.25, 0.3) is 0 Å². The van der Waals surface area contributed by atoms with Crippen molar-refractivity contribution in [3.05, 3.63) is 35.4 Å². The van der Waals surface area contributed by atoms with Crippen molar-refractivity contribution in [3.63, 3.8) is 0 Å². The van der Waals surface area contributed by atoms with Gasteiger partial charge in [0.25, 0.3) is 0 Å². The molecule has 0 bridgehead atoms. The molecule has 0 heterocycles. The van der Waals surface area contributed by atoms with Gasteiger partial charge in [0.1, 0.15) is 0 Å². The molecule has 1 rings (SSSR count). The first-order chi connectivity index (χ1) is 8.71. The zero-order valence-electron chi connectivity index (χ0n) is 10.8. The molecule has 0 radical (unpaired) electrons. The van der Waals surface area contributed by atoms with Gasteiger partial charge in [-0.1, -0.05) is 18.2 Å². The summed E-state index contributed by atoms with van der Waals surface area (Å²) in [7, 11) is 0. The molecule has 0 aliphatic carbocycles. The molecule has 0 fully saturated rings. The Balaban J connectivity index is 2.88. The highest BCUT2D eigenvalue weighted by molar-refractivity contribution is 5.74. The lowest BCUT2D eigenvalue weighted by molar-refractivity contribution is -0.138. The Bertz CT molecular complexity index is 446. The van der Waals surface area contributed by atoms with E-state index in [1.165, 1.54) is 12.1 Å². The van der Waals surface area contributed by atoms with Crippen molar-refractivity contribution in [2.45, 2.75) is 38.5 Å². The lowest BCUT2D eigenvalue weighted by Gasteiger charge is -2.22. The fraction of sp³-hybridized carbons (Fsp3) is 0.462. The number of rotatable bonds is 5. The first-order valence-corrected chi connectivity index (χ1v) is 5.92. The van der Waals surface area contributed by atoms with Crippen molar-refractivity contribution in [3.8, 4) is 0 Å². The second-order valence-electron chi connectivity index (χ2n) is 4.54. The second kappa shape index (κ2) is 6.06. The van der Waals surface area contributed by atoms with E-state index in [0.717, 1.165) is 6.07 Å². The Labute approximate surface area is 110 Å². The van der Waals surface area contributed by atoms with Gasteiger partial charge in [-0.15, -0.1) is 0 Å². The molecule has 0 saturated carbocycles. The highest BCUT2D eigenvalue weighted by Crippen LogP contribution is 2.34.